The summed E-state index contributed by atoms with van der Waals surface area (Å²) in [6.45, 7) is 2.18. The van der Waals surface area contributed by atoms with Gasteiger partial charge in [-0.15, -0.1) is 0 Å². The Morgan fingerprint density at radius 2 is 2.21 bits per heavy atom. The van der Waals surface area contributed by atoms with Crippen LogP contribution in [-0.2, 0) is 0 Å². The summed E-state index contributed by atoms with van der Waals surface area (Å²) in [4.78, 5) is 23.5. The average molecular weight is 256 g/mol. The highest BCUT2D eigenvalue weighted by atomic mass is 16.1. The Balaban J connectivity index is 1.77. The predicted molar refractivity (Wildman–Crippen MR) is 74.5 cm³/mol. The lowest BCUT2D eigenvalue weighted by molar-refractivity contribution is 0.292. The summed E-state index contributed by atoms with van der Waals surface area (Å²) in [6.07, 6.45) is 2.69. The van der Waals surface area contributed by atoms with E-state index < -0.39 is 0 Å². The zero-order valence-electron chi connectivity index (χ0n) is 10.8. The number of likely N-dealkylation sites (tertiary alicyclic amines) is 1. The van der Waals surface area contributed by atoms with Crippen LogP contribution in [0.3, 0.4) is 0 Å². The molecule has 1 N–H and O–H groups in total. The van der Waals surface area contributed by atoms with E-state index >= 15 is 0 Å². The second-order valence-corrected chi connectivity index (χ2v) is 5.57. The van der Waals surface area contributed by atoms with Crippen LogP contribution in [0, 0.1) is 0 Å². The van der Waals surface area contributed by atoms with Gasteiger partial charge >= 0.3 is 0 Å². The number of likely N-dealkylation sites (N-methyl/N-ethyl adjacent to an activating group) is 1. The van der Waals surface area contributed by atoms with E-state index in [1.807, 2.05) is 12.1 Å². The summed E-state index contributed by atoms with van der Waals surface area (Å²) in [7, 11) is 2.19. The molecule has 2 aromatic rings. The van der Waals surface area contributed by atoms with Crippen molar-refractivity contribution in [1.82, 2.24) is 14.9 Å². The molecule has 1 aromatic heterocycles. The van der Waals surface area contributed by atoms with Crippen LogP contribution in [0.2, 0.25) is 0 Å². The fourth-order valence-electron chi connectivity index (χ4n) is 3.42. The molecular weight excluding hydrogens is 240 g/mol. The summed E-state index contributed by atoms with van der Waals surface area (Å²) in [5.74, 6) is 0. The topological polar surface area (TPSA) is 52.2 Å². The fourth-order valence-corrected chi connectivity index (χ4v) is 3.42. The van der Waals surface area contributed by atoms with E-state index in [1.54, 1.807) is 0 Å². The van der Waals surface area contributed by atoms with Gasteiger partial charge in [0.2, 0.25) is 0 Å². The van der Waals surface area contributed by atoms with Crippen molar-refractivity contribution in [3.05, 3.63) is 34.9 Å². The average Bonchev–Trinajstić information content (AvgIpc) is 2.98. The summed E-state index contributed by atoms with van der Waals surface area (Å²) < 4.78 is 0. The van der Waals surface area contributed by atoms with E-state index in [1.165, 1.54) is 12.7 Å². The van der Waals surface area contributed by atoms with Crippen molar-refractivity contribution in [2.75, 3.05) is 25.0 Å². The van der Waals surface area contributed by atoms with Gasteiger partial charge in [0.25, 0.3) is 5.56 Å². The van der Waals surface area contributed by atoms with Gasteiger partial charge in [0.1, 0.15) is 0 Å². The number of rotatable bonds is 1. The number of benzene rings is 1. The Morgan fingerprint density at radius 1 is 1.32 bits per heavy atom. The van der Waals surface area contributed by atoms with Crippen LogP contribution in [0.15, 0.2) is 29.3 Å². The van der Waals surface area contributed by atoms with Gasteiger partial charge in [-0.05, 0) is 31.7 Å². The molecule has 19 heavy (non-hydrogen) atoms. The first-order valence-electron chi connectivity index (χ1n) is 6.67. The molecule has 4 rings (SSSR count). The van der Waals surface area contributed by atoms with Gasteiger partial charge in [-0.3, -0.25) is 9.69 Å². The largest absolute Gasteiger partial charge is 0.366 e. The maximum Gasteiger partial charge on any atom is 0.258 e. The second-order valence-electron chi connectivity index (χ2n) is 5.57. The monoisotopic (exact) mass is 256 g/mol. The molecule has 2 aliphatic heterocycles. The van der Waals surface area contributed by atoms with Crippen LogP contribution >= 0.6 is 0 Å². The number of nitrogens with one attached hydrogen (secondary N) is 1. The first-order valence-corrected chi connectivity index (χ1v) is 6.67. The van der Waals surface area contributed by atoms with Crippen LogP contribution in [0.1, 0.15) is 6.42 Å². The Hall–Kier alpha value is -1.88. The van der Waals surface area contributed by atoms with Crippen LogP contribution in [0.25, 0.3) is 10.9 Å². The Kier molecular flexibility index (Phi) is 2.20. The molecule has 2 atom stereocenters. The van der Waals surface area contributed by atoms with Crippen molar-refractivity contribution in [3.63, 3.8) is 0 Å². The number of anilines is 1. The van der Waals surface area contributed by atoms with E-state index in [0.717, 1.165) is 24.3 Å². The molecule has 2 aliphatic rings. The molecule has 2 unspecified atom stereocenters. The molecule has 2 bridgehead atoms. The van der Waals surface area contributed by atoms with Crippen molar-refractivity contribution < 1.29 is 0 Å². The molecule has 5 nitrogen and oxygen atoms in total. The highest BCUT2D eigenvalue weighted by Gasteiger charge is 2.41. The lowest BCUT2D eigenvalue weighted by Gasteiger charge is -2.33. The third-order valence-electron chi connectivity index (χ3n) is 4.47. The molecular formula is C14H16N4O. The van der Waals surface area contributed by atoms with Crippen LogP contribution in [-0.4, -0.2) is 47.1 Å². The molecule has 0 aliphatic carbocycles. The molecule has 0 saturated carbocycles. The highest BCUT2D eigenvalue weighted by molar-refractivity contribution is 5.81. The zero-order chi connectivity index (χ0) is 13.0. The first-order chi connectivity index (χ1) is 9.22. The molecule has 0 radical (unpaired) electrons. The quantitative estimate of drug-likeness (QED) is 0.820. The molecule has 0 amide bonds. The van der Waals surface area contributed by atoms with E-state index in [9.17, 15) is 4.79 Å². The number of aromatic amines is 1. The second kappa shape index (κ2) is 3.81. The van der Waals surface area contributed by atoms with Gasteiger partial charge in [-0.2, -0.15) is 0 Å². The van der Waals surface area contributed by atoms with Crippen LogP contribution in [0.4, 0.5) is 5.69 Å². The molecule has 0 spiro atoms. The van der Waals surface area contributed by atoms with Crippen molar-refractivity contribution in [2.24, 2.45) is 0 Å². The van der Waals surface area contributed by atoms with Gasteiger partial charge < -0.3 is 9.88 Å². The molecule has 5 heteroatoms. The molecule has 98 valence electrons. The minimum absolute atomic E-state index is 0.0617. The van der Waals surface area contributed by atoms with Crippen molar-refractivity contribution >= 4 is 16.6 Å². The molecule has 2 saturated heterocycles. The van der Waals surface area contributed by atoms with Gasteiger partial charge in [-0.1, -0.05) is 0 Å². The summed E-state index contributed by atoms with van der Waals surface area (Å²) in [5, 5.41) is 0.677. The maximum atomic E-state index is 11.8. The molecule has 1 aromatic carbocycles. The number of hydrogen-bond donors (Lipinski definition) is 1. The zero-order valence-corrected chi connectivity index (χ0v) is 10.8. The third kappa shape index (κ3) is 1.58. The standard InChI is InChI=1S/C14H16N4O/c1-17-6-11-4-10(17)7-18(11)9-2-3-13-12(5-9)14(19)16-8-15-13/h2-3,5,8,10-11H,4,6-7H2,1H3,(H,15,16,19). The summed E-state index contributed by atoms with van der Waals surface area (Å²) >= 11 is 0. The Labute approximate surface area is 110 Å². The lowest BCUT2D eigenvalue weighted by atomic mass is 10.2. The van der Waals surface area contributed by atoms with Crippen LogP contribution < -0.4 is 10.5 Å². The lowest BCUT2D eigenvalue weighted by Crippen LogP contribution is -2.44. The number of piperazine rings is 1. The number of aromatic nitrogens is 2. The van der Waals surface area contributed by atoms with Crippen molar-refractivity contribution in [1.29, 1.82) is 0 Å². The first kappa shape index (κ1) is 11.0. The number of H-pyrrole nitrogens is 1. The highest BCUT2D eigenvalue weighted by Crippen LogP contribution is 2.34. The van der Waals surface area contributed by atoms with Gasteiger partial charge in [-0.25, -0.2) is 4.98 Å². The molecule has 3 heterocycles. The van der Waals surface area contributed by atoms with E-state index in [0.29, 0.717) is 17.5 Å². The minimum Gasteiger partial charge on any atom is -0.366 e. The molecule has 2 fully saturated rings. The third-order valence-corrected chi connectivity index (χ3v) is 4.47. The maximum absolute atomic E-state index is 11.8. The smallest absolute Gasteiger partial charge is 0.258 e. The van der Waals surface area contributed by atoms with Gasteiger partial charge in [0.05, 0.1) is 17.2 Å². The summed E-state index contributed by atoms with van der Waals surface area (Å²) in [5.41, 5.74) is 1.84. The van der Waals surface area contributed by atoms with E-state index in [-0.39, 0.29) is 5.56 Å². The Morgan fingerprint density at radius 3 is 2.95 bits per heavy atom. The predicted octanol–water partition coefficient (Wildman–Crippen LogP) is 0.816. The Bertz CT molecular complexity index is 693. The number of nitrogens with zero attached hydrogens (tertiary/aromatic N) is 3. The fraction of sp³-hybridized carbons (Fsp3) is 0.429. The van der Waals surface area contributed by atoms with Crippen molar-refractivity contribution in [3.8, 4) is 0 Å². The van der Waals surface area contributed by atoms with Crippen LogP contribution in [0.5, 0.6) is 0 Å². The van der Waals surface area contributed by atoms with E-state index in [2.05, 4.69) is 32.9 Å². The number of hydrogen-bond acceptors (Lipinski definition) is 4. The number of fused-ring (bicyclic) bond motifs is 3. The minimum atomic E-state index is -0.0617. The SMILES string of the molecule is CN1CC2CC1CN2c1ccc2nc[nH]c(=O)c2c1. The van der Waals surface area contributed by atoms with Gasteiger partial charge in [0, 0.05) is 30.9 Å². The summed E-state index contributed by atoms with van der Waals surface area (Å²) in [6, 6.07) is 7.24. The van der Waals surface area contributed by atoms with Gasteiger partial charge in [0.15, 0.2) is 0 Å². The normalized spacial score (nSPS) is 26.5. The van der Waals surface area contributed by atoms with Crippen molar-refractivity contribution in [2.45, 2.75) is 18.5 Å². The van der Waals surface area contributed by atoms with E-state index in [4.69, 9.17) is 0 Å².